The van der Waals surface area contributed by atoms with E-state index < -0.39 is 9.84 Å². The number of likely N-dealkylation sites (tertiary alicyclic amines) is 1. The maximum absolute atomic E-state index is 12.6. The van der Waals surface area contributed by atoms with Gasteiger partial charge in [-0.15, -0.1) is 0 Å². The lowest BCUT2D eigenvalue weighted by Gasteiger charge is -2.40. The summed E-state index contributed by atoms with van der Waals surface area (Å²) < 4.78 is 25.2. The Morgan fingerprint density at radius 2 is 1.72 bits per heavy atom. The molecule has 0 bridgehead atoms. The van der Waals surface area contributed by atoms with E-state index in [0.717, 1.165) is 44.9 Å². The fourth-order valence-corrected chi connectivity index (χ4v) is 6.03. The molecule has 0 atom stereocenters. The standard InChI is InChI=1S/C19H28N2O3S/c22-19(20-13-7-10-16-8-3-1-4-9-16)21-14-18(15-21)25(23,24)17-11-5-2-6-12-17/h1,3-4,8-9,17-18H,2,5-7,10-15H2,(H,20,22). The van der Waals surface area contributed by atoms with Crippen molar-refractivity contribution in [1.29, 1.82) is 0 Å². The van der Waals surface area contributed by atoms with Gasteiger partial charge in [0.1, 0.15) is 0 Å². The molecule has 1 heterocycles. The summed E-state index contributed by atoms with van der Waals surface area (Å²) in [5, 5.41) is 2.36. The molecule has 1 saturated heterocycles. The molecule has 0 radical (unpaired) electrons. The number of sulfone groups is 1. The van der Waals surface area contributed by atoms with Crippen LogP contribution in [0.15, 0.2) is 30.3 Å². The van der Waals surface area contributed by atoms with E-state index in [-0.39, 0.29) is 16.5 Å². The molecule has 0 unspecified atom stereocenters. The summed E-state index contributed by atoms with van der Waals surface area (Å²) in [6.45, 7) is 1.32. The second-order valence-corrected chi connectivity index (χ2v) is 9.71. The molecule has 138 valence electrons. The van der Waals surface area contributed by atoms with Crippen LogP contribution in [-0.2, 0) is 16.3 Å². The maximum atomic E-state index is 12.6. The minimum atomic E-state index is -3.07. The molecule has 2 fully saturated rings. The number of rotatable bonds is 6. The van der Waals surface area contributed by atoms with E-state index in [9.17, 15) is 13.2 Å². The zero-order valence-corrected chi connectivity index (χ0v) is 15.5. The quantitative estimate of drug-likeness (QED) is 0.789. The first-order valence-electron chi connectivity index (χ1n) is 9.37. The lowest BCUT2D eigenvalue weighted by molar-refractivity contribution is 0.168. The van der Waals surface area contributed by atoms with Gasteiger partial charge in [0.25, 0.3) is 0 Å². The van der Waals surface area contributed by atoms with Crippen molar-refractivity contribution in [3.8, 4) is 0 Å². The number of nitrogens with zero attached hydrogens (tertiary/aromatic N) is 1. The average molecular weight is 365 g/mol. The molecule has 3 rings (SSSR count). The fraction of sp³-hybridized carbons (Fsp3) is 0.632. The summed E-state index contributed by atoms with van der Waals surface area (Å²) in [7, 11) is -3.07. The van der Waals surface area contributed by atoms with Crippen LogP contribution in [0.5, 0.6) is 0 Å². The Morgan fingerprint density at radius 3 is 2.40 bits per heavy atom. The summed E-state index contributed by atoms with van der Waals surface area (Å²) in [5.41, 5.74) is 1.26. The predicted octanol–water partition coefficient (Wildman–Crippen LogP) is 2.76. The Bertz CT molecular complexity index is 663. The summed E-state index contributed by atoms with van der Waals surface area (Å²) in [6, 6.07) is 10.0. The van der Waals surface area contributed by atoms with Crippen LogP contribution < -0.4 is 5.32 Å². The first kappa shape index (κ1) is 18.2. The van der Waals surface area contributed by atoms with Gasteiger partial charge in [0.05, 0.1) is 10.5 Å². The van der Waals surface area contributed by atoms with Crippen molar-refractivity contribution in [3.05, 3.63) is 35.9 Å². The van der Waals surface area contributed by atoms with Crippen molar-refractivity contribution in [3.63, 3.8) is 0 Å². The highest BCUT2D eigenvalue weighted by Crippen LogP contribution is 2.29. The van der Waals surface area contributed by atoms with E-state index in [1.54, 1.807) is 4.90 Å². The molecular weight excluding hydrogens is 336 g/mol. The van der Waals surface area contributed by atoms with Crippen LogP contribution in [0.4, 0.5) is 4.79 Å². The molecule has 25 heavy (non-hydrogen) atoms. The van der Waals surface area contributed by atoms with Crippen molar-refractivity contribution in [2.24, 2.45) is 0 Å². The van der Waals surface area contributed by atoms with Crippen molar-refractivity contribution in [2.75, 3.05) is 19.6 Å². The van der Waals surface area contributed by atoms with Crippen LogP contribution in [-0.4, -0.2) is 49.5 Å². The van der Waals surface area contributed by atoms with E-state index in [4.69, 9.17) is 0 Å². The van der Waals surface area contributed by atoms with E-state index in [1.165, 1.54) is 5.56 Å². The summed E-state index contributed by atoms with van der Waals surface area (Å²) >= 11 is 0. The van der Waals surface area contributed by atoms with Crippen LogP contribution in [0.2, 0.25) is 0 Å². The molecule has 0 aromatic heterocycles. The fourth-order valence-electron chi connectivity index (χ4n) is 3.72. The smallest absolute Gasteiger partial charge is 0.317 e. The van der Waals surface area contributed by atoms with Gasteiger partial charge in [-0.1, -0.05) is 49.6 Å². The predicted molar refractivity (Wildman–Crippen MR) is 99.3 cm³/mol. The van der Waals surface area contributed by atoms with Crippen LogP contribution in [0.3, 0.4) is 0 Å². The van der Waals surface area contributed by atoms with Gasteiger partial charge in [-0.2, -0.15) is 0 Å². The van der Waals surface area contributed by atoms with Gasteiger partial charge in [0, 0.05) is 19.6 Å². The number of hydrogen-bond donors (Lipinski definition) is 1. The van der Waals surface area contributed by atoms with Crippen molar-refractivity contribution in [1.82, 2.24) is 10.2 Å². The summed E-state index contributed by atoms with van der Waals surface area (Å²) in [5.74, 6) is 0. The highest BCUT2D eigenvalue weighted by atomic mass is 32.2. The zero-order chi connectivity index (χ0) is 17.7. The molecule has 6 heteroatoms. The Balaban J connectivity index is 1.36. The highest BCUT2D eigenvalue weighted by molar-refractivity contribution is 7.92. The van der Waals surface area contributed by atoms with Crippen molar-refractivity contribution in [2.45, 2.75) is 55.4 Å². The second-order valence-electron chi connectivity index (χ2n) is 7.20. The van der Waals surface area contributed by atoms with E-state index in [1.807, 2.05) is 18.2 Å². The first-order chi connectivity index (χ1) is 12.1. The molecular formula is C19H28N2O3S. The van der Waals surface area contributed by atoms with Gasteiger partial charge in [0.2, 0.25) is 0 Å². The number of urea groups is 1. The molecule has 0 spiro atoms. The minimum absolute atomic E-state index is 0.136. The average Bonchev–Trinajstić information content (AvgIpc) is 2.59. The van der Waals surface area contributed by atoms with Gasteiger partial charge in [0.15, 0.2) is 9.84 Å². The number of benzene rings is 1. The third-order valence-electron chi connectivity index (χ3n) is 5.38. The first-order valence-corrected chi connectivity index (χ1v) is 11.0. The van der Waals surface area contributed by atoms with Gasteiger partial charge < -0.3 is 10.2 Å². The van der Waals surface area contributed by atoms with E-state index >= 15 is 0 Å². The molecule has 1 aromatic rings. The monoisotopic (exact) mass is 364 g/mol. The number of carbonyl (C=O) groups is 1. The number of aryl methyl sites for hydroxylation is 1. The molecule has 5 nitrogen and oxygen atoms in total. The molecule has 1 saturated carbocycles. The Kier molecular flexibility index (Phi) is 5.99. The SMILES string of the molecule is O=C(NCCCc1ccccc1)N1CC(S(=O)(=O)C2CCCCC2)C1. The Hall–Kier alpha value is -1.56. The Labute approximate surface area is 150 Å². The topological polar surface area (TPSA) is 66.5 Å². The van der Waals surface area contributed by atoms with Crippen LogP contribution >= 0.6 is 0 Å². The lowest BCUT2D eigenvalue weighted by Crippen LogP contribution is -2.61. The molecule has 1 N–H and O–H groups in total. The number of nitrogens with one attached hydrogen (secondary N) is 1. The van der Waals surface area contributed by atoms with Gasteiger partial charge >= 0.3 is 6.03 Å². The van der Waals surface area contributed by atoms with Gasteiger partial charge in [-0.25, -0.2) is 13.2 Å². The third-order valence-corrected chi connectivity index (χ3v) is 8.01. The molecule has 2 amide bonds. The largest absolute Gasteiger partial charge is 0.338 e. The van der Waals surface area contributed by atoms with E-state index in [2.05, 4.69) is 17.4 Å². The van der Waals surface area contributed by atoms with Gasteiger partial charge in [-0.05, 0) is 31.2 Å². The van der Waals surface area contributed by atoms with E-state index in [0.29, 0.717) is 19.6 Å². The normalized spacial score (nSPS) is 19.4. The summed E-state index contributed by atoms with van der Waals surface area (Å²) in [6.07, 6.45) is 6.58. The highest BCUT2D eigenvalue weighted by Gasteiger charge is 2.43. The second kappa shape index (κ2) is 8.21. The van der Waals surface area contributed by atoms with Crippen molar-refractivity contribution < 1.29 is 13.2 Å². The number of carbonyl (C=O) groups excluding carboxylic acids is 1. The Morgan fingerprint density at radius 1 is 1.04 bits per heavy atom. The minimum Gasteiger partial charge on any atom is -0.338 e. The molecule has 1 aliphatic heterocycles. The summed E-state index contributed by atoms with van der Waals surface area (Å²) in [4.78, 5) is 13.7. The molecule has 2 aliphatic rings. The lowest BCUT2D eigenvalue weighted by atomic mass is 10.0. The zero-order valence-electron chi connectivity index (χ0n) is 14.7. The van der Waals surface area contributed by atoms with Crippen LogP contribution in [0.25, 0.3) is 0 Å². The maximum Gasteiger partial charge on any atom is 0.317 e. The number of amides is 2. The van der Waals surface area contributed by atoms with Crippen molar-refractivity contribution >= 4 is 15.9 Å². The van der Waals surface area contributed by atoms with Crippen LogP contribution in [0, 0.1) is 0 Å². The molecule has 1 aliphatic carbocycles. The van der Waals surface area contributed by atoms with Crippen LogP contribution in [0.1, 0.15) is 44.1 Å². The number of hydrogen-bond acceptors (Lipinski definition) is 3. The third kappa shape index (κ3) is 4.54. The molecule has 1 aromatic carbocycles. The van der Waals surface area contributed by atoms with Gasteiger partial charge in [-0.3, -0.25) is 0 Å².